The number of piperidine rings is 1. The normalized spacial score (nSPS) is 20.0. The third-order valence-corrected chi connectivity index (χ3v) is 4.65. The van der Waals surface area contributed by atoms with Gasteiger partial charge in [0.1, 0.15) is 0 Å². The number of hydrogen-bond donors (Lipinski definition) is 2. The van der Waals surface area contributed by atoms with E-state index in [9.17, 15) is 9.59 Å². The minimum atomic E-state index is -0.208. The molecule has 7 heteroatoms. The summed E-state index contributed by atoms with van der Waals surface area (Å²) in [6, 6.07) is 1.73. The number of H-pyrrole nitrogens is 1. The van der Waals surface area contributed by atoms with E-state index < -0.39 is 0 Å². The van der Waals surface area contributed by atoms with Gasteiger partial charge in [0.25, 0.3) is 5.56 Å². The van der Waals surface area contributed by atoms with Crippen LogP contribution in [-0.2, 0) is 11.2 Å². The van der Waals surface area contributed by atoms with Crippen molar-refractivity contribution in [2.75, 3.05) is 6.54 Å². The van der Waals surface area contributed by atoms with E-state index in [4.69, 9.17) is 5.73 Å². The lowest BCUT2D eigenvalue weighted by molar-refractivity contribution is -0.134. The highest BCUT2D eigenvalue weighted by atomic mass is 16.2. The molecule has 124 valence electrons. The molecule has 0 radical (unpaired) electrons. The monoisotopic (exact) mass is 317 g/mol. The number of hydrogen-bond acceptors (Lipinski definition) is 4. The number of carbonyl (C=O) groups is 1. The van der Waals surface area contributed by atoms with Crippen molar-refractivity contribution < 1.29 is 4.79 Å². The van der Waals surface area contributed by atoms with Crippen LogP contribution < -0.4 is 11.3 Å². The van der Waals surface area contributed by atoms with Gasteiger partial charge in [-0.1, -0.05) is 0 Å². The van der Waals surface area contributed by atoms with Crippen molar-refractivity contribution in [3.63, 3.8) is 0 Å². The molecule has 2 atom stereocenters. The molecule has 7 nitrogen and oxygen atoms in total. The highest BCUT2D eigenvalue weighted by Crippen LogP contribution is 2.20. The second-order valence-electron chi connectivity index (χ2n) is 6.32. The number of nitrogens with zero attached hydrogens (tertiary/aromatic N) is 3. The molecular formula is C16H23N5O2. The Morgan fingerprint density at radius 2 is 2.30 bits per heavy atom. The van der Waals surface area contributed by atoms with Crippen molar-refractivity contribution >= 4 is 11.6 Å². The third kappa shape index (κ3) is 2.88. The van der Waals surface area contributed by atoms with Crippen LogP contribution in [0.4, 0.5) is 0 Å². The maximum Gasteiger partial charge on any atom is 0.276 e. The quantitative estimate of drug-likeness (QED) is 0.866. The predicted molar refractivity (Wildman–Crippen MR) is 87.3 cm³/mol. The summed E-state index contributed by atoms with van der Waals surface area (Å²) in [6.07, 6.45) is 4.73. The highest BCUT2D eigenvalue weighted by Gasteiger charge is 2.30. The van der Waals surface area contributed by atoms with Crippen LogP contribution in [0.3, 0.4) is 0 Å². The molecule has 1 aliphatic rings. The molecule has 3 rings (SSSR count). The Morgan fingerprint density at radius 3 is 3.04 bits per heavy atom. The van der Waals surface area contributed by atoms with Crippen molar-refractivity contribution in [3.05, 3.63) is 33.9 Å². The third-order valence-electron chi connectivity index (χ3n) is 4.65. The van der Waals surface area contributed by atoms with Gasteiger partial charge in [0.05, 0.1) is 6.42 Å². The van der Waals surface area contributed by atoms with Gasteiger partial charge in [0, 0.05) is 42.1 Å². The summed E-state index contributed by atoms with van der Waals surface area (Å²) in [5.74, 6) is -0.0412. The topological polar surface area (TPSA) is 96.5 Å². The molecule has 1 saturated heterocycles. The number of nitrogens with two attached hydrogens (primary N) is 1. The summed E-state index contributed by atoms with van der Waals surface area (Å²) in [4.78, 5) is 31.5. The van der Waals surface area contributed by atoms with Crippen molar-refractivity contribution in [1.29, 1.82) is 0 Å². The Hall–Kier alpha value is -2.15. The second kappa shape index (κ2) is 6.16. The van der Waals surface area contributed by atoms with E-state index in [1.165, 1.54) is 4.52 Å². The number of nitrogens with one attached hydrogen (secondary N) is 1. The van der Waals surface area contributed by atoms with Gasteiger partial charge in [-0.15, -0.1) is 0 Å². The number of aromatic nitrogens is 3. The summed E-state index contributed by atoms with van der Waals surface area (Å²) in [6.45, 7) is 4.42. The van der Waals surface area contributed by atoms with Gasteiger partial charge in [-0.25, -0.2) is 9.50 Å². The molecule has 2 aromatic heterocycles. The number of carbonyl (C=O) groups excluding carboxylic acids is 1. The molecule has 2 aromatic rings. The number of likely N-dealkylation sites (tertiary alicyclic amines) is 1. The van der Waals surface area contributed by atoms with Gasteiger partial charge < -0.3 is 10.6 Å². The average Bonchev–Trinajstić information content (AvgIpc) is 2.99. The number of aryl methyl sites for hydroxylation is 1. The molecule has 0 bridgehead atoms. The SMILES string of the molecule is Cc1nc2cc[nH]n2c(=O)c1CC(=O)N1CCCCC1C(C)N. The van der Waals surface area contributed by atoms with Crippen LogP contribution in [0.25, 0.3) is 5.65 Å². The number of fused-ring (bicyclic) bond motifs is 1. The van der Waals surface area contributed by atoms with Gasteiger partial charge in [-0.3, -0.25) is 14.7 Å². The zero-order valence-electron chi connectivity index (χ0n) is 13.6. The lowest BCUT2D eigenvalue weighted by Gasteiger charge is -2.38. The molecule has 0 aliphatic carbocycles. The fourth-order valence-corrected chi connectivity index (χ4v) is 3.38. The van der Waals surface area contributed by atoms with Crippen LogP contribution in [0.5, 0.6) is 0 Å². The standard InChI is InChI=1S/C16H23N5O2/c1-10(17)13-5-3-4-8-20(13)15(22)9-12-11(2)19-14-6-7-18-21(14)16(12)23/h6-7,10,13,18H,3-5,8-9,17H2,1-2H3. The highest BCUT2D eigenvalue weighted by molar-refractivity contribution is 5.79. The number of rotatable bonds is 3. The van der Waals surface area contributed by atoms with E-state index in [2.05, 4.69) is 10.1 Å². The van der Waals surface area contributed by atoms with E-state index in [0.29, 0.717) is 23.4 Å². The van der Waals surface area contributed by atoms with Crippen LogP contribution in [0.2, 0.25) is 0 Å². The predicted octanol–water partition coefficient (Wildman–Crippen LogP) is 0.602. The zero-order chi connectivity index (χ0) is 16.6. The molecule has 3 heterocycles. The van der Waals surface area contributed by atoms with Crippen LogP contribution in [-0.4, -0.2) is 44.0 Å². The zero-order valence-corrected chi connectivity index (χ0v) is 13.6. The summed E-state index contributed by atoms with van der Waals surface area (Å²) in [5.41, 5.74) is 7.45. The van der Waals surface area contributed by atoms with Gasteiger partial charge >= 0.3 is 0 Å². The van der Waals surface area contributed by atoms with Gasteiger partial charge in [-0.2, -0.15) is 0 Å². The smallest absolute Gasteiger partial charge is 0.276 e. The fourth-order valence-electron chi connectivity index (χ4n) is 3.38. The van der Waals surface area contributed by atoms with E-state index in [1.54, 1.807) is 19.2 Å². The van der Waals surface area contributed by atoms with Crippen molar-refractivity contribution in [2.45, 2.75) is 51.6 Å². The summed E-state index contributed by atoms with van der Waals surface area (Å²) < 4.78 is 1.37. The lowest BCUT2D eigenvalue weighted by Crippen LogP contribution is -2.52. The van der Waals surface area contributed by atoms with Crippen LogP contribution in [0.1, 0.15) is 37.4 Å². The number of aromatic amines is 1. The Bertz CT molecular complexity index is 776. The first-order valence-corrected chi connectivity index (χ1v) is 8.09. The summed E-state index contributed by atoms with van der Waals surface area (Å²) >= 11 is 0. The van der Waals surface area contributed by atoms with Gasteiger partial charge in [0.2, 0.25) is 5.91 Å². The first-order chi connectivity index (χ1) is 11.0. The molecule has 3 N–H and O–H groups in total. The summed E-state index contributed by atoms with van der Waals surface area (Å²) in [5, 5.41) is 2.83. The van der Waals surface area contributed by atoms with Gasteiger partial charge in [0.15, 0.2) is 5.65 Å². The molecule has 23 heavy (non-hydrogen) atoms. The Morgan fingerprint density at radius 1 is 1.52 bits per heavy atom. The fraction of sp³-hybridized carbons (Fsp3) is 0.562. The largest absolute Gasteiger partial charge is 0.338 e. The van der Waals surface area contributed by atoms with Crippen LogP contribution in [0.15, 0.2) is 17.1 Å². The average molecular weight is 317 g/mol. The van der Waals surface area contributed by atoms with Crippen LogP contribution >= 0.6 is 0 Å². The Kier molecular flexibility index (Phi) is 4.21. The molecule has 0 spiro atoms. The lowest BCUT2D eigenvalue weighted by atomic mass is 9.96. The maximum atomic E-state index is 12.7. The minimum Gasteiger partial charge on any atom is -0.338 e. The second-order valence-corrected chi connectivity index (χ2v) is 6.32. The Labute approximate surface area is 134 Å². The first kappa shape index (κ1) is 15.7. The molecule has 1 amide bonds. The minimum absolute atomic E-state index is 0.0412. The first-order valence-electron chi connectivity index (χ1n) is 8.09. The van der Waals surface area contributed by atoms with E-state index in [0.717, 1.165) is 19.3 Å². The van der Waals surface area contributed by atoms with Crippen LogP contribution in [0, 0.1) is 6.92 Å². The van der Waals surface area contributed by atoms with E-state index in [1.807, 2.05) is 11.8 Å². The molecule has 0 saturated carbocycles. The molecular weight excluding hydrogens is 294 g/mol. The van der Waals surface area contributed by atoms with Crippen molar-refractivity contribution in [1.82, 2.24) is 19.5 Å². The number of amides is 1. The van der Waals surface area contributed by atoms with Gasteiger partial charge in [-0.05, 0) is 33.1 Å². The van der Waals surface area contributed by atoms with Crippen molar-refractivity contribution in [3.8, 4) is 0 Å². The Balaban J connectivity index is 1.89. The van der Waals surface area contributed by atoms with E-state index >= 15 is 0 Å². The van der Waals surface area contributed by atoms with E-state index in [-0.39, 0.29) is 30.0 Å². The molecule has 1 fully saturated rings. The molecule has 0 aromatic carbocycles. The molecule has 1 aliphatic heterocycles. The molecule has 2 unspecified atom stereocenters. The van der Waals surface area contributed by atoms with Crippen molar-refractivity contribution in [2.24, 2.45) is 5.73 Å². The maximum absolute atomic E-state index is 12.7. The summed E-state index contributed by atoms with van der Waals surface area (Å²) in [7, 11) is 0.